The predicted molar refractivity (Wildman–Crippen MR) is 66.6 cm³/mol. The van der Waals surface area contributed by atoms with Crippen LogP contribution in [0, 0.1) is 0 Å². The van der Waals surface area contributed by atoms with Crippen LogP contribution in [-0.2, 0) is 105 Å². The zero-order chi connectivity index (χ0) is 11.1. The molecule has 0 N–H and O–H groups in total. The normalized spacial score (nSPS) is 14.8. The molecule has 0 amide bonds. The average Bonchev–Trinajstić information content (AvgIpc) is 2.15. The molecule has 2 rings (SSSR count). The van der Waals surface area contributed by atoms with Gasteiger partial charge in [-0.2, -0.15) is 0 Å². The van der Waals surface area contributed by atoms with Crippen LogP contribution in [0.15, 0.2) is 24.3 Å². The summed E-state index contributed by atoms with van der Waals surface area (Å²) in [5.74, 6) is 0. The monoisotopic (exact) mass is 467 g/mol. The molecule has 1 aromatic rings. The Morgan fingerprint density at radius 2 is 1.72 bits per heavy atom. The average molecular weight is 467 g/mol. The fraction of sp³-hybridized carbons (Fsp3) is 0.429. The Bertz CT molecular complexity index is 425. The molecule has 0 aliphatic carbocycles. The van der Waals surface area contributed by atoms with E-state index >= 15 is 0 Å². The summed E-state index contributed by atoms with van der Waals surface area (Å²) in [5.41, 5.74) is 5.12. The van der Waals surface area contributed by atoms with Crippen LogP contribution in [0.5, 0.6) is 0 Å². The summed E-state index contributed by atoms with van der Waals surface area (Å²) in [5, 5.41) is 4.73. The molecule has 89 valence electrons. The van der Waals surface area contributed by atoms with Gasteiger partial charge in [0.1, 0.15) is 0 Å². The van der Waals surface area contributed by atoms with Crippen LogP contribution < -0.4 is 0 Å². The van der Waals surface area contributed by atoms with Gasteiger partial charge >= 0.3 is 0 Å². The van der Waals surface area contributed by atoms with Crippen LogP contribution in [0.2, 0.25) is 0 Å². The molecule has 1 aromatic carbocycles. The van der Waals surface area contributed by atoms with Gasteiger partial charge in [-0.1, -0.05) is 56.2 Å². The number of aryl methyl sites for hydroxylation is 1. The van der Waals surface area contributed by atoms with Crippen molar-refractivity contribution in [2.24, 2.45) is 0 Å². The van der Waals surface area contributed by atoms with E-state index in [0.29, 0.717) is 0 Å². The van der Waals surface area contributed by atoms with Crippen molar-refractivity contribution < 1.29 is 98.1 Å². The van der Waals surface area contributed by atoms with Crippen LogP contribution in [0.4, 0.5) is 5.69 Å². The first kappa shape index (κ1) is 22.4. The van der Waals surface area contributed by atoms with Gasteiger partial charge in [0.2, 0.25) is 0 Å². The fourth-order valence-corrected chi connectivity index (χ4v) is 2.17. The molecule has 18 heavy (non-hydrogen) atoms. The predicted octanol–water partition coefficient (Wildman–Crippen LogP) is 4.44. The van der Waals surface area contributed by atoms with Crippen molar-refractivity contribution in [3.8, 4) is 0 Å². The standard InChI is InChI=1S/C14H18N.3Y/c1-5-11-6-7-13-12(8-11)10(2)9-14(3,4)15-13;;;/h6-9H,5H2,1-4H3;;;/q-1;;;. The van der Waals surface area contributed by atoms with E-state index in [1.165, 1.54) is 16.7 Å². The summed E-state index contributed by atoms with van der Waals surface area (Å²) in [6.07, 6.45) is 3.33. The molecule has 3 radical (unpaired) electrons. The minimum Gasteiger partial charge on any atom is -0.676 e. The Hall–Kier alpha value is 2.07. The number of fused-ring (bicyclic) bond motifs is 1. The smallest absolute Gasteiger partial charge is 0 e. The summed E-state index contributed by atoms with van der Waals surface area (Å²) >= 11 is 0. The Morgan fingerprint density at radius 1 is 1.11 bits per heavy atom. The van der Waals surface area contributed by atoms with Gasteiger partial charge < -0.3 is 5.32 Å². The maximum absolute atomic E-state index is 4.73. The number of benzene rings is 1. The van der Waals surface area contributed by atoms with Crippen molar-refractivity contribution >= 4 is 11.3 Å². The minimum absolute atomic E-state index is 0. The SMILES string of the molecule is CCc1ccc2c(c1)C(C)=CC(C)(C)[N-]2.[Y].[Y].[Y]. The van der Waals surface area contributed by atoms with E-state index in [0.717, 1.165) is 12.1 Å². The molecule has 0 unspecified atom stereocenters. The number of rotatable bonds is 1. The molecular formula is C14H18NY3-. The maximum Gasteiger partial charge on any atom is 0 e. The summed E-state index contributed by atoms with van der Waals surface area (Å²) in [6.45, 7) is 8.65. The Kier molecular flexibility index (Phi) is 11.4. The third kappa shape index (κ3) is 5.46. The molecule has 0 aromatic heterocycles. The van der Waals surface area contributed by atoms with Crippen LogP contribution in [0.3, 0.4) is 0 Å². The molecule has 0 fully saturated rings. The number of hydrogen-bond acceptors (Lipinski definition) is 0. The molecule has 1 heterocycles. The van der Waals surface area contributed by atoms with Crippen LogP contribution in [-0.4, -0.2) is 5.54 Å². The summed E-state index contributed by atoms with van der Waals surface area (Å²) in [6, 6.07) is 6.59. The van der Waals surface area contributed by atoms with Gasteiger partial charge in [0.25, 0.3) is 0 Å². The molecule has 1 nitrogen and oxygen atoms in total. The second-order valence-electron chi connectivity index (χ2n) is 4.80. The van der Waals surface area contributed by atoms with Crippen LogP contribution >= 0.6 is 0 Å². The second-order valence-corrected chi connectivity index (χ2v) is 4.80. The van der Waals surface area contributed by atoms with Gasteiger partial charge in [-0.15, -0.1) is 5.69 Å². The molecule has 0 saturated heterocycles. The molecular weight excluding hydrogens is 449 g/mol. The van der Waals surface area contributed by atoms with Crippen molar-refractivity contribution in [3.63, 3.8) is 0 Å². The van der Waals surface area contributed by atoms with E-state index in [-0.39, 0.29) is 104 Å². The Balaban J connectivity index is 0. The molecule has 0 atom stereocenters. The van der Waals surface area contributed by atoms with Gasteiger partial charge in [-0.25, -0.2) is 0 Å². The quantitative estimate of drug-likeness (QED) is 0.581. The summed E-state index contributed by atoms with van der Waals surface area (Å²) in [7, 11) is 0. The van der Waals surface area contributed by atoms with Gasteiger partial charge in [-0.05, 0) is 24.5 Å². The zero-order valence-electron chi connectivity index (χ0n) is 11.7. The van der Waals surface area contributed by atoms with E-state index in [2.05, 4.69) is 52.0 Å². The third-order valence-corrected chi connectivity index (χ3v) is 2.87. The number of nitrogens with zero attached hydrogens (tertiary/aromatic N) is 1. The van der Waals surface area contributed by atoms with Crippen molar-refractivity contribution in [3.05, 3.63) is 40.7 Å². The largest absolute Gasteiger partial charge is 0.676 e. The number of allylic oxidation sites excluding steroid dienone is 1. The first-order valence-electron chi connectivity index (χ1n) is 5.57. The van der Waals surface area contributed by atoms with Gasteiger partial charge in [-0.3, -0.25) is 0 Å². The van der Waals surface area contributed by atoms with Crippen molar-refractivity contribution in [2.75, 3.05) is 0 Å². The van der Waals surface area contributed by atoms with E-state index < -0.39 is 0 Å². The Labute approximate surface area is 186 Å². The minimum atomic E-state index is -0.0508. The third-order valence-electron chi connectivity index (χ3n) is 2.87. The van der Waals surface area contributed by atoms with Crippen LogP contribution in [0.25, 0.3) is 10.9 Å². The first-order chi connectivity index (χ1) is 7.02. The zero-order valence-corrected chi connectivity index (χ0v) is 20.2. The van der Waals surface area contributed by atoms with E-state index in [9.17, 15) is 0 Å². The molecule has 4 heteroatoms. The second kappa shape index (κ2) is 9.16. The topological polar surface area (TPSA) is 14.1 Å². The molecule has 1 aliphatic heterocycles. The maximum atomic E-state index is 4.73. The molecule has 0 bridgehead atoms. The Morgan fingerprint density at radius 3 is 2.28 bits per heavy atom. The number of hydrogen-bond donors (Lipinski definition) is 0. The fourth-order valence-electron chi connectivity index (χ4n) is 2.17. The molecule has 0 spiro atoms. The van der Waals surface area contributed by atoms with Crippen LogP contribution in [0.1, 0.15) is 38.8 Å². The van der Waals surface area contributed by atoms with Gasteiger partial charge in [0, 0.05) is 98.1 Å². The van der Waals surface area contributed by atoms with E-state index in [1.54, 1.807) is 0 Å². The van der Waals surface area contributed by atoms with Crippen molar-refractivity contribution in [1.82, 2.24) is 0 Å². The molecule has 1 aliphatic rings. The summed E-state index contributed by atoms with van der Waals surface area (Å²) in [4.78, 5) is 0. The first-order valence-corrected chi connectivity index (χ1v) is 5.57. The van der Waals surface area contributed by atoms with Gasteiger partial charge in [0.15, 0.2) is 0 Å². The van der Waals surface area contributed by atoms with E-state index in [1.807, 2.05) is 0 Å². The van der Waals surface area contributed by atoms with Gasteiger partial charge in [0.05, 0.1) is 0 Å². The van der Waals surface area contributed by atoms with E-state index in [4.69, 9.17) is 5.32 Å². The molecule has 0 saturated carbocycles. The van der Waals surface area contributed by atoms with Crippen molar-refractivity contribution in [1.29, 1.82) is 0 Å². The van der Waals surface area contributed by atoms with Crippen molar-refractivity contribution in [2.45, 2.75) is 39.7 Å². The summed E-state index contributed by atoms with van der Waals surface area (Å²) < 4.78 is 0.